The summed E-state index contributed by atoms with van der Waals surface area (Å²) in [7, 11) is 0. The summed E-state index contributed by atoms with van der Waals surface area (Å²) in [4.78, 5) is 11.7. The number of rotatable bonds is 3. The van der Waals surface area contributed by atoms with E-state index in [0.717, 1.165) is 32.1 Å². The molecular formula is C12H16ClNO3. The molecule has 0 aliphatic heterocycles. The summed E-state index contributed by atoms with van der Waals surface area (Å²) in [6.07, 6.45) is 6.03. The smallest absolute Gasteiger partial charge is 0.256 e. The van der Waals surface area contributed by atoms with Crippen LogP contribution in [0, 0.1) is 0 Å². The third-order valence-corrected chi connectivity index (χ3v) is 3.52. The molecule has 2 N–H and O–H groups in total. The first-order valence-electron chi connectivity index (χ1n) is 5.84. The lowest BCUT2D eigenvalue weighted by molar-refractivity contribution is 0.00525. The van der Waals surface area contributed by atoms with Gasteiger partial charge in [0.1, 0.15) is 0 Å². The highest BCUT2D eigenvalue weighted by Gasteiger charge is 2.29. The van der Waals surface area contributed by atoms with E-state index in [2.05, 4.69) is 5.32 Å². The van der Waals surface area contributed by atoms with Gasteiger partial charge in [-0.2, -0.15) is 0 Å². The first-order chi connectivity index (χ1) is 8.11. The van der Waals surface area contributed by atoms with Crippen LogP contribution in [0.25, 0.3) is 0 Å². The molecule has 0 bridgehead atoms. The Hall–Kier alpha value is -1.00. The van der Waals surface area contributed by atoms with E-state index < -0.39 is 5.60 Å². The molecule has 17 heavy (non-hydrogen) atoms. The maximum Gasteiger partial charge on any atom is 0.256 e. The average Bonchev–Trinajstić information content (AvgIpc) is 2.74. The molecule has 1 aromatic heterocycles. The Balaban J connectivity index is 1.90. The van der Waals surface area contributed by atoms with Crippen molar-refractivity contribution in [1.82, 2.24) is 5.32 Å². The molecule has 0 saturated heterocycles. The van der Waals surface area contributed by atoms with E-state index in [1.807, 2.05) is 0 Å². The van der Waals surface area contributed by atoms with Crippen molar-refractivity contribution in [3.63, 3.8) is 0 Å². The molecule has 0 spiro atoms. The van der Waals surface area contributed by atoms with Gasteiger partial charge in [-0.3, -0.25) is 4.79 Å². The lowest BCUT2D eigenvalue weighted by Gasteiger charge is -2.32. The predicted octanol–water partition coefficient (Wildman–Crippen LogP) is 2.36. The molecule has 1 saturated carbocycles. The van der Waals surface area contributed by atoms with E-state index in [0.29, 0.717) is 5.56 Å². The Morgan fingerprint density at radius 1 is 1.47 bits per heavy atom. The van der Waals surface area contributed by atoms with Gasteiger partial charge in [0.15, 0.2) is 0 Å². The zero-order chi connectivity index (χ0) is 12.3. The number of aliphatic hydroxyl groups is 1. The molecular weight excluding hydrogens is 242 g/mol. The van der Waals surface area contributed by atoms with Crippen LogP contribution in [-0.4, -0.2) is 23.2 Å². The van der Waals surface area contributed by atoms with Gasteiger partial charge in [0.25, 0.3) is 5.91 Å². The van der Waals surface area contributed by atoms with Crippen molar-refractivity contribution in [2.24, 2.45) is 0 Å². The van der Waals surface area contributed by atoms with E-state index in [-0.39, 0.29) is 17.7 Å². The molecule has 94 valence electrons. The van der Waals surface area contributed by atoms with Crippen molar-refractivity contribution in [3.05, 3.63) is 23.1 Å². The zero-order valence-electron chi connectivity index (χ0n) is 9.54. The second-order valence-electron chi connectivity index (χ2n) is 4.58. The summed E-state index contributed by atoms with van der Waals surface area (Å²) in [6.45, 7) is 0.271. The average molecular weight is 258 g/mol. The molecule has 0 radical (unpaired) electrons. The highest BCUT2D eigenvalue weighted by molar-refractivity contribution is 6.32. The van der Waals surface area contributed by atoms with Gasteiger partial charge in [-0.05, 0) is 30.5 Å². The fourth-order valence-electron chi connectivity index (χ4n) is 2.18. The van der Waals surface area contributed by atoms with Crippen molar-refractivity contribution in [2.45, 2.75) is 37.7 Å². The lowest BCUT2D eigenvalue weighted by Crippen LogP contribution is -2.44. The van der Waals surface area contributed by atoms with Crippen molar-refractivity contribution in [1.29, 1.82) is 0 Å². The normalized spacial score (nSPS) is 18.9. The van der Waals surface area contributed by atoms with Gasteiger partial charge >= 0.3 is 0 Å². The fourth-order valence-corrected chi connectivity index (χ4v) is 2.38. The zero-order valence-corrected chi connectivity index (χ0v) is 10.3. The van der Waals surface area contributed by atoms with Gasteiger partial charge in [-0.1, -0.05) is 19.3 Å². The van der Waals surface area contributed by atoms with Crippen LogP contribution >= 0.6 is 11.6 Å². The molecule has 5 heteroatoms. The summed E-state index contributed by atoms with van der Waals surface area (Å²) in [6, 6.07) is 1.52. The Kier molecular flexibility index (Phi) is 3.74. The van der Waals surface area contributed by atoms with Crippen molar-refractivity contribution in [3.8, 4) is 0 Å². The number of halogens is 1. The fraction of sp³-hybridized carbons (Fsp3) is 0.583. The molecule has 1 amide bonds. The van der Waals surface area contributed by atoms with Crippen molar-refractivity contribution < 1.29 is 14.3 Å². The molecule has 1 heterocycles. The molecule has 2 rings (SSSR count). The van der Waals surface area contributed by atoms with Gasteiger partial charge in [0.05, 0.1) is 17.4 Å². The van der Waals surface area contributed by atoms with Gasteiger partial charge in [-0.25, -0.2) is 0 Å². The standard InChI is InChI=1S/C12H16ClNO3/c13-10-9(4-7-17-10)11(15)14-8-12(16)5-2-1-3-6-12/h4,7,16H,1-3,5-6,8H2,(H,14,15). The lowest BCUT2D eigenvalue weighted by atomic mass is 9.85. The third-order valence-electron chi connectivity index (χ3n) is 3.22. The van der Waals surface area contributed by atoms with Crippen LogP contribution in [-0.2, 0) is 0 Å². The van der Waals surface area contributed by atoms with E-state index in [9.17, 15) is 9.90 Å². The van der Waals surface area contributed by atoms with Crippen LogP contribution < -0.4 is 5.32 Å². The molecule has 4 nitrogen and oxygen atoms in total. The van der Waals surface area contributed by atoms with Crippen LogP contribution in [0.15, 0.2) is 16.7 Å². The minimum Gasteiger partial charge on any atom is -0.452 e. The monoisotopic (exact) mass is 257 g/mol. The first-order valence-corrected chi connectivity index (χ1v) is 6.22. The molecule has 0 aromatic carbocycles. The Bertz CT molecular complexity index is 396. The minimum atomic E-state index is -0.760. The first kappa shape index (κ1) is 12.5. The largest absolute Gasteiger partial charge is 0.452 e. The third kappa shape index (κ3) is 3.01. The summed E-state index contributed by atoms with van der Waals surface area (Å²) in [5, 5.41) is 13.0. The Labute approximate surface area is 105 Å². The second kappa shape index (κ2) is 5.10. The molecule has 1 aliphatic rings. The molecule has 0 atom stereocenters. The summed E-state index contributed by atoms with van der Waals surface area (Å²) in [5.41, 5.74) is -0.449. The highest BCUT2D eigenvalue weighted by atomic mass is 35.5. The highest BCUT2D eigenvalue weighted by Crippen LogP contribution is 2.27. The molecule has 1 fully saturated rings. The maximum atomic E-state index is 11.7. The van der Waals surface area contributed by atoms with Crippen molar-refractivity contribution in [2.75, 3.05) is 6.54 Å². The molecule has 1 aromatic rings. The number of hydrogen-bond donors (Lipinski definition) is 2. The maximum absolute atomic E-state index is 11.7. The number of amides is 1. The number of carbonyl (C=O) groups is 1. The summed E-state index contributed by atoms with van der Waals surface area (Å²) in [5.74, 6) is -0.303. The number of furan rings is 1. The Morgan fingerprint density at radius 3 is 2.76 bits per heavy atom. The number of carbonyl (C=O) groups excluding carboxylic acids is 1. The summed E-state index contributed by atoms with van der Waals surface area (Å²) >= 11 is 5.70. The number of hydrogen-bond acceptors (Lipinski definition) is 3. The van der Waals surface area contributed by atoms with Crippen LogP contribution in [0.3, 0.4) is 0 Å². The van der Waals surface area contributed by atoms with Crippen LogP contribution in [0.5, 0.6) is 0 Å². The van der Waals surface area contributed by atoms with E-state index in [1.54, 1.807) is 0 Å². The SMILES string of the molecule is O=C(NCC1(O)CCCCC1)c1ccoc1Cl. The van der Waals surface area contributed by atoms with E-state index in [1.165, 1.54) is 12.3 Å². The van der Waals surface area contributed by atoms with Gasteiger partial charge in [0.2, 0.25) is 5.22 Å². The topological polar surface area (TPSA) is 62.5 Å². The van der Waals surface area contributed by atoms with E-state index in [4.69, 9.17) is 16.0 Å². The van der Waals surface area contributed by atoms with Crippen LogP contribution in [0.4, 0.5) is 0 Å². The van der Waals surface area contributed by atoms with Crippen LogP contribution in [0.2, 0.25) is 5.22 Å². The number of nitrogens with one attached hydrogen (secondary N) is 1. The predicted molar refractivity (Wildman–Crippen MR) is 64.1 cm³/mol. The molecule has 1 aliphatic carbocycles. The summed E-state index contributed by atoms with van der Waals surface area (Å²) < 4.78 is 4.84. The minimum absolute atomic E-state index is 0.0816. The van der Waals surface area contributed by atoms with Gasteiger partial charge < -0.3 is 14.8 Å². The van der Waals surface area contributed by atoms with Crippen LogP contribution in [0.1, 0.15) is 42.5 Å². The van der Waals surface area contributed by atoms with Crippen molar-refractivity contribution >= 4 is 17.5 Å². The molecule has 0 unspecified atom stereocenters. The van der Waals surface area contributed by atoms with Gasteiger partial charge in [0, 0.05) is 6.54 Å². The quantitative estimate of drug-likeness (QED) is 0.874. The van der Waals surface area contributed by atoms with E-state index >= 15 is 0 Å². The second-order valence-corrected chi connectivity index (χ2v) is 4.92. The Morgan fingerprint density at radius 2 is 2.18 bits per heavy atom. The van der Waals surface area contributed by atoms with Gasteiger partial charge in [-0.15, -0.1) is 0 Å².